The lowest BCUT2D eigenvalue weighted by atomic mass is 9.82. The molecule has 3 aromatic heterocycles. The van der Waals surface area contributed by atoms with Gasteiger partial charge in [-0.3, -0.25) is 4.98 Å². The van der Waals surface area contributed by atoms with Gasteiger partial charge < -0.3 is 0 Å². The molecule has 0 saturated heterocycles. The maximum Gasteiger partial charge on any atom is 0.160 e. The zero-order chi connectivity index (χ0) is 30.8. The van der Waals surface area contributed by atoms with Crippen molar-refractivity contribution < 1.29 is 0 Å². The van der Waals surface area contributed by atoms with Gasteiger partial charge in [-0.1, -0.05) is 111 Å². The van der Waals surface area contributed by atoms with Crippen molar-refractivity contribution in [1.29, 1.82) is 0 Å². The Kier molecular flexibility index (Phi) is 6.02. The van der Waals surface area contributed by atoms with Crippen LogP contribution in [0, 0.1) is 0 Å². The normalized spacial score (nSPS) is 13.2. The third kappa shape index (κ3) is 4.22. The highest BCUT2D eigenvalue weighted by molar-refractivity contribution is 7.25. The first kappa shape index (κ1) is 26.9. The van der Waals surface area contributed by atoms with E-state index in [4.69, 9.17) is 15.0 Å². The van der Waals surface area contributed by atoms with Gasteiger partial charge in [0.1, 0.15) is 0 Å². The van der Waals surface area contributed by atoms with Gasteiger partial charge in [-0.05, 0) is 58.7 Å². The Hall–Kier alpha value is -5.45. The molecule has 0 radical (unpaired) electrons. The second-order valence-electron chi connectivity index (χ2n) is 12.5. The molecule has 0 amide bonds. The number of rotatable bonds is 4. The van der Waals surface area contributed by atoms with Crippen LogP contribution in [0.5, 0.6) is 0 Å². The lowest BCUT2D eigenvalue weighted by Crippen LogP contribution is -2.14. The number of fused-ring (bicyclic) bond motifs is 6. The number of aromatic nitrogens is 3. The first-order valence-electron chi connectivity index (χ1n) is 15.6. The van der Waals surface area contributed by atoms with E-state index >= 15 is 0 Å². The molecule has 0 aliphatic heterocycles. The fourth-order valence-corrected chi connectivity index (χ4v) is 8.19. The van der Waals surface area contributed by atoms with Crippen LogP contribution in [0.2, 0.25) is 0 Å². The number of thiophene rings is 1. The van der Waals surface area contributed by atoms with Crippen LogP contribution in [0.1, 0.15) is 25.0 Å². The molecule has 8 aromatic rings. The number of hydrogen-bond donors (Lipinski definition) is 0. The molecule has 3 heterocycles. The van der Waals surface area contributed by atoms with Crippen molar-refractivity contribution in [3.63, 3.8) is 0 Å². The Balaban J connectivity index is 1.22. The minimum Gasteiger partial charge on any atom is -0.256 e. The van der Waals surface area contributed by atoms with Gasteiger partial charge in [0, 0.05) is 54.0 Å². The van der Waals surface area contributed by atoms with Gasteiger partial charge in [-0.15, -0.1) is 11.3 Å². The van der Waals surface area contributed by atoms with Gasteiger partial charge >= 0.3 is 0 Å². The molecular weight excluding hydrogens is 579 g/mol. The highest BCUT2D eigenvalue weighted by Crippen LogP contribution is 2.49. The number of hydrogen-bond acceptors (Lipinski definition) is 4. The largest absolute Gasteiger partial charge is 0.256 e. The van der Waals surface area contributed by atoms with Crippen LogP contribution < -0.4 is 0 Å². The van der Waals surface area contributed by atoms with E-state index in [0.29, 0.717) is 5.82 Å². The summed E-state index contributed by atoms with van der Waals surface area (Å²) in [7, 11) is 0. The molecule has 0 bridgehead atoms. The molecule has 218 valence electrons. The summed E-state index contributed by atoms with van der Waals surface area (Å²) < 4.78 is 2.55. The third-order valence-corrected chi connectivity index (χ3v) is 10.5. The fraction of sp³-hybridized carbons (Fsp3) is 0.0714. The summed E-state index contributed by atoms with van der Waals surface area (Å²) in [5, 5.41) is 2.57. The van der Waals surface area contributed by atoms with Gasteiger partial charge in [-0.25, -0.2) is 9.97 Å². The summed E-state index contributed by atoms with van der Waals surface area (Å²) in [4.78, 5) is 15.2. The van der Waals surface area contributed by atoms with Crippen molar-refractivity contribution in [1.82, 2.24) is 15.0 Å². The Morgan fingerprint density at radius 2 is 1.22 bits per heavy atom. The smallest absolute Gasteiger partial charge is 0.160 e. The molecule has 5 aromatic carbocycles. The van der Waals surface area contributed by atoms with E-state index in [1.165, 1.54) is 42.4 Å². The summed E-state index contributed by atoms with van der Waals surface area (Å²) in [6, 6.07) is 47.3. The Labute approximate surface area is 271 Å². The predicted octanol–water partition coefficient (Wildman–Crippen LogP) is 11.2. The molecule has 0 N–H and O–H groups in total. The fourth-order valence-electron chi connectivity index (χ4n) is 7.04. The number of pyridine rings is 1. The maximum atomic E-state index is 5.17. The van der Waals surface area contributed by atoms with Crippen LogP contribution in [0.25, 0.3) is 76.5 Å². The Morgan fingerprint density at radius 3 is 2.13 bits per heavy atom. The van der Waals surface area contributed by atoms with Crippen LogP contribution in [-0.2, 0) is 5.41 Å². The zero-order valence-corrected chi connectivity index (χ0v) is 26.3. The van der Waals surface area contributed by atoms with Gasteiger partial charge in [0.25, 0.3) is 0 Å². The third-order valence-electron chi connectivity index (χ3n) is 9.37. The zero-order valence-electron chi connectivity index (χ0n) is 25.5. The number of nitrogens with zero attached hydrogens (tertiary/aromatic N) is 3. The van der Waals surface area contributed by atoms with Crippen LogP contribution in [-0.4, -0.2) is 15.0 Å². The summed E-state index contributed by atoms with van der Waals surface area (Å²) in [5.74, 6) is 0.698. The van der Waals surface area contributed by atoms with Crippen LogP contribution in [0.15, 0.2) is 140 Å². The summed E-state index contributed by atoms with van der Waals surface area (Å²) >= 11 is 1.82. The lowest BCUT2D eigenvalue weighted by Gasteiger charge is -2.21. The molecule has 0 spiro atoms. The molecule has 1 aliphatic rings. The van der Waals surface area contributed by atoms with E-state index in [2.05, 4.69) is 123 Å². The molecule has 46 heavy (non-hydrogen) atoms. The second kappa shape index (κ2) is 10.3. The van der Waals surface area contributed by atoms with Crippen LogP contribution in [0.3, 0.4) is 0 Å². The van der Waals surface area contributed by atoms with Crippen molar-refractivity contribution >= 4 is 31.5 Å². The van der Waals surface area contributed by atoms with Crippen molar-refractivity contribution in [2.24, 2.45) is 0 Å². The van der Waals surface area contributed by atoms with Crippen LogP contribution in [0.4, 0.5) is 0 Å². The predicted molar refractivity (Wildman–Crippen MR) is 192 cm³/mol. The molecule has 0 fully saturated rings. The molecule has 9 rings (SSSR count). The van der Waals surface area contributed by atoms with Crippen molar-refractivity contribution in [3.8, 4) is 56.3 Å². The summed E-state index contributed by atoms with van der Waals surface area (Å²) in [6.07, 6.45) is 1.87. The average molecular weight is 608 g/mol. The molecule has 4 heteroatoms. The SMILES string of the molecule is CC1(C)c2ccccc2-c2cc(-c3ncccc3-c3cc(-c4ccc5c(c4)sc4ccccc45)nc(-c4ccccc4)n3)ccc21. The van der Waals surface area contributed by atoms with Gasteiger partial charge in [0.05, 0.1) is 17.1 Å². The van der Waals surface area contributed by atoms with E-state index in [1.807, 2.05) is 41.8 Å². The summed E-state index contributed by atoms with van der Waals surface area (Å²) in [6.45, 7) is 4.63. The van der Waals surface area contributed by atoms with Gasteiger partial charge in [0.15, 0.2) is 5.82 Å². The van der Waals surface area contributed by atoms with E-state index in [9.17, 15) is 0 Å². The Morgan fingerprint density at radius 1 is 0.500 bits per heavy atom. The minimum absolute atomic E-state index is 0.0426. The van der Waals surface area contributed by atoms with E-state index in [0.717, 1.165) is 39.3 Å². The van der Waals surface area contributed by atoms with Crippen LogP contribution >= 0.6 is 11.3 Å². The molecule has 0 atom stereocenters. The van der Waals surface area contributed by atoms with Crippen molar-refractivity contribution in [2.45, 2.75) is 19.3 Å². The molecular formula is C42H29N3S. The molecule has 3 nitrogen and oxygen atoms in total. The van der Waals surface area contributed by atoms with E-state index in [1.54, 1.807) is 0 Å². The van der Waals surface area contributed by atoms with Gasteiger partial charge in [-0.2, -0.15) is 0 Å². The molecule has 1 aliphatic carbocycles. The maximum absolute atomic E-state index is 5.17. The summed E-state index contributed by atoms with van der Waals surface area (Å²) in [5.41, 5.74) is 12.0. The monoisotopic (exact) mass is 607 g/mol. The van der Waals surface area contributed by atoms with E-state index in [-0.39, 0.29) is 5.41 Å². The highest BCUT2D eigenvalue weighted by Gasteiger charge is 2.35. The topological polar surface area (TPSA) is 38.7 Å². The second-order valence-corrected chi connectivity index (χ2v) is 13.6. The van der Waals surface area contributed by atoms with Gasteiger partial charge in [0.2, 0.25) is 0 Å². The average Bonchev–Trinajstić information content (AvgIpc) is 3.60. The standard InChI is InChI=1S/C42H29N3S/c1-42(2)34-16-8-6-13-29(34)33-23-28(19-21-35(33)42)40-32(15-10-22-43-40)37-25-36(44-41(45-37)26-11-4-3-5-12-26)27-18-20-31-30-14-7-9-17-38(30)46-39(31)24-27/h3-25H,1-2H3. The highest BCUT2D eigenvalue weighted by atomic mass is 32.1. The quantitative estimate of drug-likeness (QED) is 0.200. The van der Waals surface area contributed by atoms with Crippen molar-refractivity contribution in [3.05, 3.63) is 151 Å². The minimum atomic E-state index is -0.0426. The number of benzene rings is 5. The Bertz CT molecular complexity index is 2460. The molecule has 0 unspecified atom stereocenters. The first-order chi connectivity index (χ1) is 22.5. The molecule has 0 saturated carbocycles. The van der Waals surface area contributed by atoms with Crippen molar-refractivity contribution in [2.75, 3.05) is 0 Å². The van der Waals surface area contributed by atoms with E-state index < -0.39 is 0 Å². The lowest BCUT2D eigenvalue weighted by molar-refractivity contribution is 0.660. The first-order valence-corrected chi connectivity index (χ1v) is 16.4.